The van der Waals surface area contributed by atoms with Crippen molar-refractivity contribution in [2.45, 2.75) is 0 Å². The van der Waals surface area contributed by atoms with Crippen LogP contribution in [0.3, 0.4) is 0 Å². The first kappa shape index (κ1) is 19.8. The number of aromatic nitrogens is 1. The van der Waals surface area contributed by atoms with Gasteiger partial charge in [0.15, 0.2) is 28.9 Å². The molecule has 0 spiro atoms. The van der Waals surface area contributed by atoms with Gasteiger partial charge in [0.1, 0.15) is 11.1 Å². The van der Waals surface area contributed by atoms with Crippen molar-refractivity contribution in [2.24, 2.45) is 0 Å². The predicted octanol–water partition coefficient (Wildman–Crippen LogP) is 6.10. The Balaban J connectivity index is 1.70. The number of oxazole rings is 1. The van der Waals surface area contributed by atoms with E-state index in [1.807, 2.05) is 0 Å². The first-order valence-corrected chi connectivity index (χ1v) is 8.63. The van der Waals surface area contributed by atoms with Gasteiger partial charge in [-0.2, -0.15) is 0 Å². The number of carbonyl (C=O) groups excluding carboxylic acids is 1. The molecule has 0 radical (unpaired) electrons. The van der Waals surface area contributed by atoms with Crippen molar-refractivity contribution in [3.8, 4) is 11.5 Å². The average molecular weight is 439 g/mol. The van der Waals surface area contributed by atoms with Crippen LogP contribution in [0.4, 0.5) is 27.6 Å². The van der Waals surface area contributed by atoms with Crippen LogP contribution < -0.4 is 5.32 Å². The van der Waals surface area contributed by atoms with Gasteiger partial charge >= 0.3 is 0 Å². The van der Waals surface area contributed by atoms with Crippen molar-refractivity contribution in [1.82, 2.24) is 4.98 Å². The third-order valence-electron chi connectivity index (χ3n) is 4.18. The van der Waals surface area contributed by atoms with E-state index < -0.39 is 46.4 Å². The third kappa shape index (κ3) is 3.37. The van der Waals surface area contributed by atoms with E-state index in [-0.39, 0.29) is 16.8 Å². The lowest BCUT2D eigenvalue weighted by Crippen LogP contribution is -2.11. The van der Waals surface area contributed by atoms with Crippen LogP contribution in [-0.2, 0) is 0 Å². The Bertz CT molecular complexity index is 1280. The number of fused-ring (bicyclic) bond motifs is 1. The second kappa shape index (κ2) is 7.42. The number of rotatable bonds is 3. The summed E-state index contributed by atoms with van der Waals surface area (Å²) in [4.78, 5) is 16.1. The number of halogens is 6. The predicted molar refractivity (Wildman–Crippen MR) is 98.6 cm³/mol. The fourth-order valence-electron chi connectivity index (χ4n) is 2.71. The van der Waals surface area contributed by atoms with Gasteiger partial charge in [-0.15, -0.1) is 0 Å². The maximum absolute atomic E-state index is 14.0. The van der Waals surface area contributed by atoms with E-state index in [0.717, 1.165) is 0 Å². The molecule has 10 heteroatoms. The molecule has 4 aromatic rings. The number of nitrogens with one attached hydrogen (secondary N) is 1. The Labute approximate surface area is 169 Å². The molecule has 4 rings (SSSR count). The van der Waals surface area contributed by atoms with Crippen molar-refractivity contribution in [2.75, 3.05) is 5.32 Å². The van der Waals surface area contributed by atoms with E-state index in [4.69, 9.17) is 16.0 Å². The van der Waals surface area contributed by atoms with Crippen LogP contribution >= 0.6 is 11.6 Å². The molecule has 0 unspecified atom stereocenters. The number of benzene rings is 3. The quantitative estimate of drug-likeness (QED) is 0.239. The standard InChI is InChI=1S/C20H8ClF5N2O2/c21-9-3-1-8(2-4-9)19(29)27-10-5-6-12-11(7-10)28-20(30-12)13-14(22)16(24)18(26)17(25)15(13)23/h1-7H,(H,27,29). The topological polar surface area (TPSA) is 55.1 Å². The zero-order valence-electron chi connectivity index (χ0n) is 14.6. The van der Waals surface area contributed by atoms with Crippen LogP contribution in [-0.4, -0.2) is 10.9 Å². The Kier molecular flexibility index (Phi) is 4.90. The minimum absolute atomic E-state index is 0.0124. The van der Waals surface area contributed by atoms with E-state index in [9.17, 15) is 26.7 Å². The van der Waals surface area contributed by atoms with E-state index >= 15 is 0 Å². The highest BCUT2D eigenvalue weighted by Crippen LogP contribution is 2.33. The summed E-state index contributed by atoms with van der Waals surface area (Å²) >= 11 is 5.77. The highest BCUT2D eigenvalue weighted by molar-refractivity contribution is 6.30. The zero-order chi connectivity index (χ0) is 21.6. The van der Waals surface area contributed by atoms with Crippen molar-refractivity contribution in [3.63, 3.8) is 0 Å². The van der Waals surface area contributed by atoms with Gasteiger partial charge in [-0.25, -0.2) is 26.9 Å². The normalized spacial score (nSPS) is 11.1. The Hall–Kier alpha value is -3.46. The monoisotopic (exact) mass is 438 g/mol. The largest absolute Gasteiger partial charge is 0.436 e. The summed E-state index contributed by atoms with van der Waals surface area (Å²) in [7, 11) is 0. The highest BCUT2D eigenvalue weighted by Gasteiger charge is 2.29. The molecule has 0 saturated carbocycles. The van der Waals surface area contributed by atoms with Gasteiger partial charge in [-0.3, -0.25) is 4.79 Å². The van der Waals surface area contributed by atoms with Crippen molar-refractivity contribution in [1.29, 1.82) is 0 Å². The Morgan fingerprint density at radius 3 is 2.10 bits per heavy atom. The zero-order valence-corrected chi connectivity index (χ0v) is 15.3. The van der Waals surface area contributed by atoms with Crippen LogP contribution in [0.25, 0.3) is 22.6 Å². The molecule has 1 amide bonds. The molecule has 4 nitrogen and oxygen atoms in total. The average Bonchev–Trinajstić information content (AvgIpc) is 3.14. The first-order chi connectivity index (χ1) is 14.3. The Morgan fingerprint density at radius 1 is 0.867 bits per heavy atom. The lowest BCUT2D eigenvalue weighted by molar-refractivity contribution is 0.102. The maximum atomic E-state index is 14.0. The van der Waals surface area contributed by atoms with Gasteiger partial charge in [0.05, 0.1) is 0 Å². The van der Waals surface area contributed by atoms with Crippen molar-refractivity contribution < 1.29 is 31.2 Å². The van der Waals surface area contributed by atoms with Gasteiger partial charge in [-0.1, -0.05) is 11.6 Å². The molecule has 0 aliphatic carbocycles. The minimum Gasteiger partial charge on any atom is -0.436 e. The van der Waals surface area contributed by atoms with Gasteiger partial charge in [0.2, 0.25) is 11.7 Å². The summed E-state index contributed by atoms with van der Waals surface area (Å²) in [5.74, 6) is -11.9. The SMILES string of the molecule is O=C(Nc1ccc2oc(-c3c(F)c(F)c(F)c(F)c3F)nc2c1)c1ccc(Cl)cc1. The number of anilines is 1. The van der Waals surface area contributed by atoms with Crippen molar-refractivity contribution >= 4 is 34.3 Å². The summed E-state index contributed by atoms with van der Waals surface area (Å²) in [6.45, 7) is 0. The summed E-state index contributed by atoms with van der Waals surface area (Å²) < 4.78 is 73.3. The molecule has 0 aliphatic rings. The van der Waals surface area contributed by atoms with Crippen LogP contribution in [0.5, 0.6) is 0 Å². The summed E-state index contributed by atoms with van der Waals surface area (Å²) in [6, 6.07) is 10.2. The smallest absolute Gasteiger partial charge is 0.255 e. The lowest BCUT2D eigenvalue weighted by atomic mass is 10.1. The van der Waals surface area contributed by atoms with Gasteiger partial charge < -0.3 is 9.73 Å². The van der Waals surface area contributed by atoms with Crippen LogP contribution in [0, 0.1) is 29.1 Å². The van der Waals surface area contributed by atoms with Gasteiger partial charge in [-0.05, 0) is 42.5 Å². The number of carbonyl (C=O) groups is 1. The van der Waals surface area contributed by atoms with E-state index in [1.165, 1.54) is 42.5 Å². The molecule has 0 bridgehead atoms. The van der Waals surface area contributed by atoms with Crippen LogP contribution in [0.1, 0.15) is 10.4 Å². The molecule has 0 saturated heterocycles. The lowest BCUT2D eigenvalue weighted by Gasteiger charge is -2.05. The number of hydrogen-bond donors (Lipinski definition) is 1. The van der Waals surface area contributed by atoms with Gasteiger partial charge in [0.25, 0.3) is 5.91 Å². The number of nitrogens with zero attached hydrogens (tertiary/aromatic N) is 1. The highest BCUT2D eigenvalue weighted by atomic mass is 35.5. The van der Waals surface area contributed by atoms with Crippen LogP contribution in [0.15, 0.2) is 46.9 Å². The second-order valence-electron chi connectivity index (χ2n) is 6.11. The molecule has 1 heterocycles. The Morgan fingerprint density at radius 2 is 1.47 bits per heavy atom. The minimum atomic E-state index is -2.28. The molecule has 3 aromatic carbocycles. The molecular formula is C20H8ClF5N2O2. The molecule has 1 N–H and O–H groups in total. The molecule has 30 heavy (non-hydrogen) atoms. The number of amides is 1. The molecular weight excluding hydrogens is 431 g/mol. The number of hydrogen-bond acceptors (Lipinski definition) is 3. The maximum Gasteiger partial charge on any atom is 0.255 e. The summed E-state index contributed by atoms with van der Waals surface area (Å²) in [6.07, 6.45) is 0. The van der Waals surface area contributed by atoms with E-state index in [1.54, 1.807) is 0 Å². The van der Waals surface area contributed by atoms with Gasteiger partial charge in [0, 0.05) is 16.3 Å². The van der Waals surface area contributed by atoms with E-state index in [0.29, 0.717) is 10.6 Å². The second-order valence-corrected chi connectivity index (χ2v) is 6.54. The summed E-state index contributed by atoms with van der Waals surface area (Å²) in [5, 5.41) is 3.04. The van der Waals surface area contributed by atoms with Crippen LogP contribution in [0.2, 0.25) is 5.02 Å². The molecule has 0 aliphatic heterocycles. The fourth-order valence-corrected chi connectivity index (χ4v) is 2.84. The molecule has 152 valence electrons. The fraction of sp³-hybridized carbons (Fsp3) is 0. The molecule has 1 aromatic heterocycles. The summed E-state index contributed by atoms with van der Waals surface area (Å²) in [5.41, 5.74) is -0.655. The molecule has 0 atom stereocenters. The first-order valence-electron chi connectivity index (χ1n) is 8.25. The van der Waals surface area contributed by atoms with E-state index in [2.05, 4.69) is 10.3 Å². The third-order valence-corrected chi connectivity index (χ3v) is 4.43. The molecule has 0 fully saturated rings. The van der Waals surface area contributed by atoms with Crippen molar-refractivity contribution in [3.05, 3.63) is 82.1 Å².